The van der Waals surface area contributed by atoms with E-state index in [4.69, 9.17) is 14.0 Å². The summed E-state index contributed by atoms with van der Waals surface area (Å²) in [5.74, 6) is 1.70. The molecule has 1 aromatic heterocycles. The van der Waals surface area contributed by atoms with Crippen molar-refractivity contribution in [1.29, 1.82) is 0 Å². The van der Waals surface area contributed by atoms with Crippen LogP contribution in [0, 0.1) is 0 Å². The second-order valence-corrected chi connectivity index (χ2v) is 6.33. The molecule has 0 saturated carbocycles. The van der Waals surface area contributed by atoms with Gasteiger partial charge in [-0.25, -0.2) is 0 Å². The number of rotatable bonds is 5. The van der Waals surface area contributed by atoms with E-state index in [1.165, 1.54) is 0 Å². The summed E-state index contributed by atoms with van der Waals surface area (Å²) in [5.41, 5.74) is -0.188. The predicted octanol–water partition coefficient (Wildman–Crippen LogP) is 1.82. The third-order valence-corrected chi connectivity index (χ3v) is 3.25. The zero-order valence-corrected chi connectivity index (χ0v) is 13.0. The molecule has 1 aromatic rings. The summed E-state index contributed by atoms with van der Waals surface area (Å²) < 4.78 is 16.5. The summed E-state index contributed by atoms with van der Waals surface area (Å²) >= 11 is 0. The third kappa shape index (κ3) is 4.01. The van der Waals surface area contributed by atoms with Gasteiger partial charge in [-0.1, -0.05) is 19.0 Å². The lowest BCUT2D eigenvalue weighted by atomic mass is 10.1. The maximum absolute atomic E-state index is 5.99. The van der Waals surface area contributed by atoms with Crippen molar-refractivity contribution in [3.05, 3.63) is 11.7 Å². The first-order valence-electron chi connectivity index (χ1n) is 7.11. The fourth-order valence-electron chi connectivity index (χ4n) is 2.58. The Morgan fingerprint density at radius 2 is 2.20 bits per heavy atom. The summed E-state index contributed by atoms with van der Waals surface area (Å²) in [6.45, 7) is 11.2. The van der Waals surface area contributed by atoms with E-state index in [1.54, 1.807) is 7.11 Å². The monoisotopic (exact) mass is 283 g/mol. The number of ether oxygens (including phenoxy) is 2. The first-order valence-corrected chi connectivity index (χ1v) is 7.11. The lowest BCUT2D eigenvalue weighted by molar-refractivity contribution is -0.154. The zero-order valence-electron chi connectivity index (χ0n) is 13.0. The van der Waals surface area contributed by atoms with Gasteiger partial charge >= 0.3 is 0 Å². The molecule has 20 heavy (non-hydrogen) atoms. The van der Waals surface area contributed by atoms with Crippen LogP contribution in [0.15, 0.2) is 4.52 Å². The van der Waals surface area contributed by atoms with Gasteiger partial charge in [0.1, 0.15) is 0 Å². The third-order valence-electron chi connectivity index (χ3n) is 3.25. The lowest BCUT2D eigenvalue weighted by Crippen LogP contribution is -2.53. The van der Waals surface area contributed by atoms with Crippen LogP contribution in [0.2, 0.25) is 0 Å². The molecule has 0 aliphatic carbocycles. The molecule has 1 aliphatic rings. The Bertz CT molecular complexity index is 431. The van der Waals surface area contributed by atoms with Crippen LogP contribution in [0.25, 0.3) is 0 Å². The maximum atomic E-state index is 5.99. The van der Waals surface area contributed by atoms with E-state index in [9.17, 15) is 0 Å². The van der Waals surface area contributed by atoms with Crippen molar-refractivity contribution < 1.29 is 14.0 Å². The van der Waals surface area contributed by atoms with Crippen molar-refractivity contribution in [2.75, 3.05) is 26.8 Å². The Kier molecular flexibility index (Phi) is 4.78. The number of hydrogen-bond donors (Lipinski definition) is 0. The van der Waals surface area contributed by atoms with Gasteiger partial charge in [0.05, 0.1) is 24.9 Å². The molecule has 0 bridgehead atoms. The quantitative estimate of drug-likeness (QED) is 0.821. The van der Waals surface area contributed by atoms with Crippen molar-refractivity contribution in [2.45, 2.75) is 51.9 Å². The molecule has 1 saturated heterocycles. The van der Waals surface area contributed by atoms with E-state index >= 15 is 0 Å². The molecule has 0 radical (unpaired) electrons. The van der Waals surface area contributed by atoms with Crippen molar-refractivity contribution in [1.82, 2.24) is 15.0 Å². The van der Waals surface area contributed by atoms with E-state index < -0.39 is 0 Å². The highest BCUT2D eigenvalue weighted by molar-refractivity contribution is 4.93. The highest BCUT2D eigenvalue weighted by atomic mass is 16.5. The summed E-state index contributed by atoms with van der Waals surface area (Å²) in [4.78, 5) is 6.72. The number of methoxy groups -OCH3 is 1. The first kappa shape index (κ1) is 15.4. The Labute approximate surface area is 120 Å². The Morgan fingerprint density at radius 3 is 2.80 bits per heavy atom. The molecule has 1 aliphatic heterocycles. The lowest BCUT2D eigenvalue weighted by Gasteiger charge is -2.42. The minimum absolute atomic E-state index is 0.0835. The molecule has 2 rings (SSSR count). The molecule has 1 unspecified atom stereocenters. The van der Waals surface area contributed by atoms with Gasteiger partial charge in [-0.2, -0.15) is 4.98 Å². The van der Waals surface area contributed by atoms with Crippen LogP contribution in [-0.2, 0) is 16.0 Å². The van der Waals surface area contributed by atoms with E-state index in [0.29, 0.717) is 19.0 Å². The molecule has 114 valence electrons. The van der Waals surface area contributed by atoms with Crippen LogP contribution >= 0.6 is 0 Å². The van der Waals surface area contributed by atoms with Crippen LogP contribution in [-0.4, -0.2) is 53.6 Å². The predicted molar refractivity (Wildman–Crippen MR) is 74.5 cm³/mol. The largest absolute Gasteiger partial charge is 0.382 e. The number of nitrogens with zero attached hydrogens (tertiary/aromatic N) is 3. The van der Waals surface area contributed by atoms with E-state index in [2.05, 4.69) is 28.9 Å². The van der Waals surface area contributed by atoms with Crippen molar-refractivity contribution in [3.8, 4) is 0 Å². The molecule has 2 heterocycles. The molecule has 0 amide bonds. The maximum Gasteiger partial charge on any atom is 0.229 e. The molecule has 0 N–H and O–H groups in total. The van der Waals surface area contributed by atoms with Crippen LogP contribution in [0.5, 0.6) is 0 Å². The zero-order chi connectivity index (χ0) is 14.8. The summed E-state index contributed by atoms with van der Waals surface area (Å²) in [6.07, 6.45) is 0.0835. The molecule has 0 aromatic carbocycles. The van der Waals surface area contributed by atoms with Crippen molar-refractivity contribution in [3.63, 3.8) is 0 Å². The number of hydrogen-bond acceptors (Lipinski definition) is 6. The van der Waals surface area contributed by atoms with Gasteiger partial charge in [0.25, 0.3) is 0 Å². The summed E-state index contributed by atoms with van der Waals surface area (Å²) in [5, 5.41) is 4.05. The fraction of sp³-hybridized carbons (Fsp3) is 0.857. The molecule has 1 fully saturated rings. The Hall–Kier alpha value is -0.980. The molecular formula is C14H25N3O3. The van der Waals surface area contributed by atoms with Crippen LogP contribution in [0.4, 0.5) is 0 Å². The summed E-state index contributed by atoms with van der Waals surface area (Å²) in [7, 11) is 1.70. The average Bonchev–Trinajstić information content (AvgIpc) is 2.75. The second kappa shape index (κ2) is 6.20. The highest BCUT2D eigenvalue weighted by Gasteiger charge is 2.33. The molecule has 6 heteroatoms. The standard InChI is InChI=1S/C14H25N3O3/c1-10(2)13-15-12(16-20-13)7-17-6-11(8-18-5)19-14(3,4)9-17/h10-11H,6-9H2,1-5H3. The van der Waals surface area contributed by atoms with Crippen LogP contribution in [0.3, 0.4) is 0 Å². The minimum Gasteiger partial charge on any atom is -0.382 e. The van der Waals surface area contributed by atoms with Crippen molar-refractivity contribution in [2.24, 2.45) is 0 Å². The highest BCUT2D eigenvalue weighted by Crippen LogP contribution is 2.22. The Balaban J connectivity index is 1.99. The van der Waals surface area contributed by atoms with Crippen molar-refractivity contribution >= 4 is 0 Å². The van der Waals surface area contributed by atoms with Gasteiger partial charge in [0, 0.05) is 26.1 Å². The van der Waals surface area contributed by atoms with Gasteiger partial charge < -0.3 is 14.0 Å². The molecule has 1 atom stereocenters. The van der Waals surface area contributed by atoms with Crippen LogP contribution < -0.4 is 0 Å². The Morgan fingerprint density at radius 1 is 1.45 bits per heavy atom. The normalized spacial score (nSPS) is 23.4. The molecule has 0 spiro atoms. The van der Waals surface area contributed by atoms with Crippen LogP contribution in [0.1, 0.15) is 45.3 Å². The van der Waals surface area contributed by atoms with E-state index in [1.807, 2.05) is 13.8 Å². The van der Waals surface area contributed by atoms with Gasteiger partial charge in [-0.05, 0) is 13.8 Å². The van der Waals surface area contributed by atoms with Gasteiger partial charge in [-0.3, -0.25) is 4.90 Å². The van der Waals surface area contributed by atoms with Gasteiger partial charge in [0.2, 0.25) is 5.89 Å². The number of morpholine rings is 1. The average molecular weight is 283 g/mol. The number of aromatic nitrogens is 2. The summed E-state index contributed by atoms with van der Waals surface area (Å²) in [6, 6.07) is 0. The molecule has 6 nitrogen and oxygen atoms in total. The van der Waals surface area contributed by atoms with Gasteiger partial charge in [0.15, 0.2) is 5.82 Å². The molecular weight excluding hydrogens is 258 g/mol. The SMILES string of the molecule is COCC1CN(Cc2noc(C(C)C)n2)CC(C)(C)O1. The van der Waals surface area contributed by atoms with Gasteiger partial charge in [-0.15, -0.1) is 0 Å². The van der Waals surface area contributed by atoms with E-state index in [0.717, 1.165) is 18.9 Å². The smallest absolute Gasteiger partial charge is 0.229 e. The second-order valence-electron chi connectivity index (χ2n) is 6.33. The fourth-order valence-corrected chi connectivity index (χ4v) is 2.58. The topological polar surface area (TPSA) is 60.6 Å². The first-order chi connectivity index (χ1) is 9.39. The van der Waals surface area contributed by atoms with E-state index in [-0.39, 0.29) is 17.6 Å². The minimum atomic E-state index is -0.188.